The molecule has 0 aliphatic carbocycles. The Morgan fingerprint density at radius 3 is 2.87 bits per heavy atom. The molecule has 3 aromatic rings. The van der Waals surface area contributed by atoms with E-state index in [0.29, 0.717) is 23.0 Å². The quantitative estimate of drug-likeness (QED) is 0.610. The van der Waals surface area contributed by atoms with Gasteiger partial charge in [-0.2, -0.15) is 0 Å². The molecular formula is C24H23ClN2O4. The second-order valence-corrected chi connectivity index (χ2v) is 7.94. The highest BCUT2D eigenvalue weighted by atomic mass is 35.5. The number of ether oxygens (including phenoxy) is 1. The number of aryl methyl sites for hydroxylation is 2. The third kappa shape index (κ3) is 5.09. The Kier molecular flexibility index (Phi) is 6.28. The molecule has 31 heavy (non-hydrogen) atoms. The predicted molar refractivity (Wildman–Crippen MR) is 121 cm³/mol. The molecule has 0 atom stereocenters. The number of hydrogen-bond donors (Lipinski definition) is 1. The topological polar surface area (TPSA) is 71.8 Å². The fraction of sp³-hybridized carbons (Fsp3) is 0.250. The van der Waals surface area contributed by atoms with Gasteiger partial charge in [0.15, 0.2) is 6.61 Å². The lowest BCUT2D eigenvalue weighted by molar-refractivity contribution is -0.118. The van der Waals surface area contributed by atoms with Crippen LogP contribution >= 0.6 is 11.6 Å². The Morgan fingerprint density at radius 2 is 2.06 bits per heavy atom. The van der Waals surface area contributed by atoms with Crippen LogP contribution in [0, 0.1) is 6.92 Å². The maximum atomic E-state index is 12.4. The number of benzene rings is 2. The first-order valence-corrected chi connectivity index (χ1v) is 10.5. The molecule has 0 spiro atoms. The lowest BCUT2D eigenvalue weighted by Crippen LogP contribution is -2.29. The van der Waals surface area contributed by atoms with E-state index in [0.717, 1.165) is 24.9 Å². The van der Waals surface area contributed by atoms with E-state index in [1.165, 1.54) is 23.6 Å². The molecule has 0 saturated heterocycles. The molecule has 1 amide bonds. The van der Waals surface area contributed by atoms with Crippen LogP contribution in [0.5, 0.6) is 5.75 Å². The van der Waals surface area contributed by atoms with Crippen LogP contribution in [0.15, 0.2) is 64.0 Å². The molecule has 2 aromatic carbocycles. The van der Waals surface area contributed by atoms with Crippen molar-refractivity contribution < 1.29 is 13.9 Å². The monoisotopic (exact) mass is 438 g/mol. The van der Waals surface area contributed by atoms with Gasteiger partial charge in [-0.05, 0) is 49.1 Å². The highest BCUT2D eigenvalue weighted by molar-refractivity contribution is 6.31. The zero-order valence-electron chi connectivity index (χ0n) is 17.2. The minimum Gasteiger partial charge on any atom is -0.477 e. The summed E-state index contributed by atoms with van der Waals surface area (Å²) in [5.74, 6) is 0.154. The lowest BCUT2D eigenvalue weighted by Gasteiger charge is -2.30. The van der Waals surface area contributed by atoms with Crippen LogP contribution in [0.4, 0.5) is 11.4 Å². The normalized spacial score (nSPS) is 12.9. The van der Waals surface area contributed by atoms with Crippen molar-refractivity contribution in [2.24, 2.45) is 0 Å². The van der Waals surface area contributed by atoms with Gasteiger partial charge in [0, 0.05) is 29.0 Å². The average molecular weight is 439 g/mol. The molecule has 1 aromatic heterocycles. The second kappa shape index (κ2) is 9.27. The first kappa shape index (κ1) is 21.0. The van der Waals surface area contributed by atoms with Crippen LogP contribution in [0.2, 0.25) is 5.02 Å². The van der Waals surface area contributed by atoms with Crippen molar-refractivity contribution in [2.75, 3.05) is 23.4 Å². The molecule has 1 N–H and O–H groups in total. The molecule has 0 bridgehead atoms. The van der Waals surface area contributed by atoms with Crippen LogP contribution in [0.1, 0.15) is 23.3 Å². The number of halogens is 1. The van der Waals surface area contributed by atoms with Crippen molar-refractivity contribution in [3.63, 3.8) is 0 Å². The van der Waals surface area contributed by atoms with Crippen molar-refractivity contribution >= 4 is 28.9 Å². The Bertz CT molecular complexity index is 1160. The lowest BCUT2D eigenvalue weighted by atomic mass is 10.0. The van der Waals surface area contributed by atoms with Crippen LogP contribution in [-0.2, 0) is 17.8 Å². The van der Waals surface area contributed by atoms with Gasteiger partial charge in [-0.1, -0.05) is 35.9 Å². The summed E-state index contributed by atoms with van der Waals surface area (Å²) in [6, 6.07) is 14.9. The van der Waals surface area contributed by atoms with Crippen LogP contribution in [0.25, 0.3) is 0 Å². The standard InChI is InChI=1S/C24H23ClN2O4/c1-16-8-9-18(11-20(16)25)26-24(29)15-31-23-14-30-19(12-22(23)28)13-27-10-4-6-17-5-2-3-7-21(17)27/h2-3,5,7-9,11-12,14H,4,6,10,13,15H2,1H3,(H,26,29). The number of carbonyl (C=O) groups is 1. The molecule has 0 saturated carbocycles. The maximum Gasteiger partial charge on any atom is 0.262 e. The summed E-state index contributed by atoms with van der Waals surface area (Å²) in [5, 5.41) is 3.25. The third-order valence-electron chi connectivity index (χ3n) is 5.22. The molecule has 7 heteroatoms. The van der Waals surface area contributed by atoms with Gasteiger partial charge in [-0.15, -0.1) is 0 Å². The minimum atomic E-state index is -0.395. The molecule has 160 valence electrons. The van der Waals surface area contributed by atoms with Crippen molar-refractivity contribution in [2.45, 2.75) is 26.3 Å². The number of rotatable bonds is 6. The van der Waals surface area contributed by atoms with E-state index in [2.05, 4.69) is 22.3 Å². The summed E-state index contributed by atoms with van der Waals surface area (Å²) in [6.45, 7) is 2.97. The summed E-state index contributed by atoms with van der Waals surface area (Å²) in [5.41, 5.74) is 3.63. The molecular weight excluding hydrogens is 416 g/mol. The zero-order valence-corrected chi connectivity index (χ0v) is 17.9. The summed E-state index contributed by atoms with van der Waals surface area (Å²) in [4.78, 5) is 26.8. The number of anilines is 2. The number of nitrogens with one attached hydrogen (secondary N) is 1. The molecule has 6 nitrogen and oxygen atoms in total. The smallest absolute Gasteiger partial charge is 0.262 e. The van der Waals surface area contributed by atoms with E-state index in [1.807, 2.05) is 25.1 Å². The first-order valence-electron chi connectivity index (χ1n) is 10.1. The van der Waals surface area contributed by atoms with Crippen molar-refractivity contribution in [3.05, 3.63) is 86.9 Å². The second-order valence-electron chi connectivity index (χ2n) is 7.53. The molecule has 0 unspecified atom stereocenters. The number of para-hydroxylation sites is 1. The Morgan fingerprint density at radius 1 is 1.23 bits per heavy atom. The van der Waals surface area contributed by atoms with E-state index in [4.69, 9.17) is 20.8 Å². The fourth-order valence-electron chi connectivity index (χ4n) is 3.60. The van der Waals surface area contributed by atoms with Gasteiger partial charge in [0.1, 0.15) is 12.0 Å². The SMILES string of the molecule is Cc1ccc(NC(=O)COc2coc(CN3CCCc4ccccc43)cc2=O)cc1Cl. The van der Waals surface area contributed by atoms with Gasteiger partial charge in [0.2, 0.25) is 11.2 Å². The van der Waals surface area contributed by atoms with Gasteiger partial charge < -0.3 is 19.4 Å². The zero-order chi connectivity index (χ0) is 21.8. The summed E-state index contributed by atoms with van der Waals surface area (Å²) in [7, 11) is 0. The van der Waals surface area contributed by atoms with E-state index in [9.17, 15) is 9.59 Å². The van der Waals surface area contributed by atoms with E-state index in [-0.39, 0.29) is 17.8 Å². The largest absolute Gasteiger partial charge is 0.477 e. The highest BCUT2D eigenvalue weighted by Gasteiger charge is 2.18. The minimum absolute atomic E-state index is 0.000108. The molecule has 1 aliphatic heterocycles. The molecule has 1 aliphatic rings. The van der Waals surface area contributed by atoms with Gasteiger partial charge in [-0.25, -0.2) is 0 Å². The van der Waals surface area contributed by atoms with Crippen LogP contribution in [-0.4, -0.2) is 19.1 Å². The van der Waals surface area contributed by atoms with E-state index >= 15 is 0 Å². The summed E-state index contributed by atoms with van der Waals surface area (Å²) in [6.07, 6.45) is 3.38. The highest BCUT2D eigenvalue weighted by Crippen LogP contribution is 2.28. The summed E-state index contributed by atoms with van der Waals surface area (Å²) < 4.78 is 11.0. The van der Waals surface area contributed by atoms with E-state index < -0.39 is 5.91 Å². The Balaban J connectivity index is 1.36. The maximum absolute atomic E-state index is 12.4. The first-order chi connectivity index (χ1) is 15.0. The average Bonchev–Trinajstić information content (AvgIpc) is 2.76. The number of nitrogens with zero attached hydrogens (tertiary/aromatic N) is 1. The van der Waals surface area contributed by atoms with Crippen molar-refractivity contribution in [1.82, 2.24) is 0 Å². The molecule has 2 heterocycles. The Labute approximate surface area is 185 Å². The number of hydrogen-bond acceptors (Lipinski definition) is 5. The van der Waals surface area contributed by atoms with Gasteiger partial charge in [0.25, 0.3) is 5.91 Å². The number of carbonyl (C=O) groups excluding carboxylic acids is 1. The van der Waals surface area contributed by atoms with Crippen LogP contribution in [0.3, 0.4) is 0 Å². The number of fused-ring (bicyclic) bond motifs is 1. The Hall–Kier alpha value is -3.25. The predicted octanol–water partition coefficient (Wildman–Crippen LogP) is 4.57. The van der Waals surface area contributed by atoms with Crippen LogP contribution < -0.4 is 20.4 Å². The fourth-order valence-corrected chi connectivity index (χ4v) is 3.78. The third-order valence-corrected chi connectivity index (χ3v) is 5.63. The van der Waals surface area contributed by atoms with E-state index in [1.54, 1.807) is 12.1 Å². The van der Waals surface area contributed by atoms with Crippen molar-refractivity contribution in [1.29, 1.82) is 0 Å². The van der Waals surface area contributed by atoms with Crippen molar-refractivity contribution in [3.8, 4) is 5.75 Å². The number of amides is 1. The van der Waals surface area contributed by atoms with Gasteiger partial charge in [0.05, 0.1) is 6.54 Å². The van der Waals surface area contributed by atoms with Gasteiger partial charge >= 0.3 is 0 Å². The molecule has 4 rings (SSSR count). The molecule has 0 radical (unpaired) electrons. The summed E-state index contributed by atoms with van der Waals surface area (Å²) >= 11 is 6.06. The molecule has 0 fully saturated rings. The van der Waals surface area contributed by atoms with Gasteiger partial charge in [-0.3, -0.25) is 9.59 Å².